The minimum atomic E-state index is -0.230. The number of hydrogen-bond acceptors (Lipinski definition) is 4. The lowest BCUT2D eigenvalue weighted by atomic mass is 10.1. The largest absolute Gasteiger partial charge is 0.508 e. The van der Waals surface area contributed by atoms with Gasteiger partial charge in [0.2, 0.25) is 0 Å². The van der Waals surface area contributed by atoms with E-state index in [1.807, 2.05) is 6.07 Å². The van der Waals surface area contributed by atoms with E-state index in [1.165, 1.54) is 19.2 Å². The molecule has 2 rings (SSSR count). The summed E-state index contributed by atoms with van der Waals surface area (Å²) in [5.41, 5.74) is 1.44. The van der Waals surface area contributed by atoms with Gasteiger partial charge in [-0.3, -0.25) is 0 Å². The highest BCUT2D eigenvalue weighted by atomic mass is 16.5. The maximum absolute atomic E-state index is 9.48. The molecule has 2 aromatic rings. The second-order valence-corrected chi connectivity index (χ2v) is 4.01. The minimum Gasteiger partial charge on any atom is -0.508 e. The molecule has 2 aromatic carbocycles. The number of hydrogen-bond donors (Lipinski definition) is 3. The third-order valence-corrected chi connectivity index (χ3v) is 2.65. The smallest absolute Gasteiger partial charge is 0.161 e. The van der Waals surface area contributed by atoms with Crippen molar-refractivity contribution in [2.75, 3.05) is 7.11 Å². The predicted octanol–water partition coefficient (Wildman–Crippen LogP) is 2.98. The summed E-state index contributed by atoms with van der Waals surface area (Å²) in [7, 11) is 1.48. The molecule has 0 saturated carbocycles. The van der Waals surface area contributed by atoms with Crippen LogP contribution in [0.15, 0.2) is 36.4 Å². The minimum absolute atomic E-state index is 0.183. The van der Waals surface area contributed by atoms with Crippen LogP contribution in [0.5, 0.6) is 23.0 Å². The predicted molar refractivity (Wildman–Crippen MR) is 73.4 cm³/mol. The van der Waals surface area contributed by atoms with Gasteiger partial charge in [-0.05, 0) is 23.8 Å². The van der Waals surface area contributed by atoms with Crippen molar-refractivity contribution < 1.29 is 20.1 Å². The Morgan fingerprint density at radius 2 is 1.68 bits per heavy atom. The molecule has 0 bridgehead atoms. The van der Waals surface area contributed by atoms with E-state index in [9.17, 15) is 15.3 Å². The van der Waals surface area contributed by atoms with Crippen LogP contribution in [0.2, 0.25) is 0 Å². The third kappa shape index (κ3) is 2.98. The van der Waals surface area contributed by atoms with Gasteiger partial charge in [0.1, 0.15) is 11.5 Å². The van der Waals surface area contributed by atoms with Crippen LogP contribution in [0.25, 0.3) is 12.2 Å². The zero-order valence-electron chi connectivity index (χ0n) is 10.4. The number of methoxy groups -OCH3 is 1. The lowest BCUT2D eigenvalue weighted by molar-refractivity contribution is 0.385. The first-order chi connectivity index (χ1) is 9.10. The summed E-state index contributed by atoms with van der Waals surface area (Å²) in [6.45, 7) is 0. The molecular formula is C15H14O4. The zero-order valence-corrected chi connectivity index (χ0v) is 10.4. The van der Waals surface area contributed by atoms with E-state index < -0.39 is 0 Å². The van der Waals surface area contributed by atoms with E-state index >= 15 is 0 Å². The summed E-state index contributed by atoms with van der Waals surface area (Å²) >= 11 is 0. The van der Waals surface area contributed by atoms with Gasteiger partial charge < -0.3 is 20.1 Å². The van der Waals surface area contributed by atoms with Crippen molar-refractivity contribution in [2.45, 2.75) is 0 Å². The van der Waals surface area contributed by atoms with Crippen molar-refractivity contribution >= 4 is 12.2 Å². The zero-order chi connectivity index (χ0) is 13.8. The fourth-order valence-electron chi connectivity index (χ4n) is 1.70. The van der Waals surface area contributed by atoms with Gasteiger partial charge in [-0.15, -0.1) is 0 Å². The summed E-state index contributed by atoms with van der Waals surface area (Å²) in [5, 5.41) is 28.2. The van der Waals surface area contributed by atoms with E-state index in [-0.39, 0.29) is 17.2 Å². The van der Waals surface area contributed by atoms with Gasteiger partial charge in [0.25, 0.3) is 0 Å². The van der Waals surface area contributed by atoms with E-state index in [2.05, 4.69) is 0 Å². The van der Waals surface area contributed by atoms with Gasteiger partial charge in [-0.25, -0.2) is 0 Å². The molecule has 0 aromatic heterocycles. The van der Waals surface area contributed by atoms with Crippen LogP contribution in [0.3, 0.4) is 0 Å². The van der Waals surface area contributed by atoms with Crippen molar-refractivity contribution in [2.24, 2.45) is 0 Å². The average Bonchev–Trinajstić information content (AvgIpc) is 2.39. The van der Waals surface area contributed by atoms with Crippen LogP contribution in [0, 0.1) is 0 Å². The Labute approximate surface area is 110 Å². The van der Waals surface area contributed by atoms with Crippen molar-refractivity contribution in [1.82, 2.24) is 0 Å². The summed E-state index contributed by atoms with van der Waals surface area (Å²) in [6, 6.07) is 9.53. The first kappa shape index (κ1) is 12.8. The normalized spacial score (nSPS) is 10.8. The van der Waals surface area contributed by atoms with Gasteiger partial charge in [-0.1, -0.05) is 24.3 Å². The molecular weight excluding hydrogens is 244 g/mol. The van der Waals surface area contributed by atoms with Gasteiger partial charge in [0.15, 0.2) is 11.5 Å². The number of benzene rings is 2. The Morgan fingerprint density at radius 3 is 2.37 bits per heavy atom. The molecule has 4 heteroatoms. The highest BCUT2D eigenvalue weighted by Crippen LogP contribution is 2.33. The van der Waals surface area contributed by atoms with Crippen molar-refractivity contribution in [3.8, 4) is 23.0 Å². The molecule has 0 amide bonds. The van der Waals surface area contributed by atoms with Crippen LogP contribution in [0.1, 0.15) is 11.1 Å². The fourth-order valence-corrected chi connectivity index (χ4v) is 1.70. The average molecular weight is 258 g/mol. The van der Waals surface area contributed by atoms with Gasteiger partial charge >= 0.3 is 0 Å². The molecule has 0 aliphatic heterocycles. The van der Waals surface area contributed by atoms with Crippen LogP contribution >= 0.6 is 0 Å². The Bertz CT molecular complexity index is 618. The van der Waals surface area contributed by atoms with E-state index in [1.54, 1.807) is 30.4 Å². The lowest BCUT2D eigenvalue weighted by Gasteiger charge is -2.07. The standard InChI is InChI=1S/C15H14O4/c1-19-15-9-14(18)13(17)8-11(15)6-5-10-3-2-4-12(16)7-10/h2-9,16-18H,1H3/b6-5+. The second-order valence-electron chi connectivity index (χ2n) is 4.01. The molecule has 0 heterocycles. The quantitative estimate of drug-likeness (QED) is 0.584. The van der Waals surface area contributed by atoms with Crippen LogP contribution < -0.4 is 4.74 Å². The molecule has 4 nitrogen and oxygen atoms in total. The van der Waals surface area contributed by atoms with Crippen molar-refractivity contribution in [1.29, 1.82) is 0 Å². The molecule has 0 saturated heterocycles. The molecule has 0 aliphatic carbocycles. The number of rotatable bonds is 3. The molecule has 3 N–H and O–H groups in total. The van der Waals surface area contributed by atoms with Gasteiger partial charge in [-0.2, -0.15) is 0 Å². The SMILES string of the molecule is COc1cc(O)c(O)cc1/C=C/c1cccc(O)c1. The lowest BCUT2D eigenvalue weighted by Crippen LogP contribution is -1.86. The summed E-state index contributed by atoms with van der Waals surface area (Å²) in [4.78, 5) is 0. The fraction of sp³-hybridized carbons (Fsp3) is 0.0667. The van der Waals surface area contributed by atoms with Gasteiger partial charge in [0, 0.05) is 11.6 Å². The maximum atomic E-state index is 9.48. The highest BCUT2D eigenvalue weighted by molar-refractivity contribution is 5.74. The second kappa shape index (κ2) is 5.35. The van der Waals surface area contributed by atoms with Crippen molar-refractivity contribution in [3.05, 3.63) is 47.5 Å². The Hall–Kier alpha value is -2.62. The Balaban J connectivity index is 2.35. The van der Waals surface area contributed by atoms with Gasteiger partial charge in [0.05, 0.1) is 7.11 Å². The molecule has 98 valence electrons. The van der Waals surface area contributed by atoms with E-state index in [0.717, 1.165) is 5.56 Å². The van der Waals surface area contributed by atoms with Crippen LogP contribution in [-0.4, -0.2) is 22.4 Å². The van der Waals surface area contributed by atoms with Crippen LogP contribution in [0.4, 0.5) is 0 Å². The maximum Gasteiger partial charge on any atom is 0.161 e. The molecule has 0 radical (unpaired) electrons. The molecule has 0 fully saturated rings. The molecule has 19 heavy (non-hydrogen) atoms. The molecule has 0 atom stereocenters. The highest BCUT2D eigenvalue weighted by Gasteiger charge is 2.06. The van der Waals surface area contributed by atoms with Crippen LogP contribution in [-0.2, 0) is 0 Å². The molecule has 0 unspecified atom stereocenters. The van der Waals surface area contributed by atoms with E-state index in [0.29, 0.717) is 11.3 Å². The summed E-state index contributed by atoms with van der Waals surface area (Å²) < 4.78 is 5.12. The number of aromatic hydroxyl groups is 3. The molecule has 0 spiro atoms. The first-order valence-corrected chi connectivity index (χ1v) is 5.67. The van der Waals surface area contributed by atoms with E-state index in [4.69, 9.17) is 4.74 Å². The Kier molecular flexibility index (Phi) is 3.61. The number of phenols is 3. The monoisotopic (exact) mass is 258 g/mol. The number of ether oxygens (including phenoxy) is 1. The molecule has 0 aliphatic rings. The third-order valence-electron chi connectivity index (χ3n) is 2.65. The van der Waals surface area contributed by atoms with Crippen molar-refractivity contribution in [3.63, 3.8) is 0 Å². The topological polar surface area (TPSA) is 69.9 Å². The summed E-state index contributed by atoms with van der Waals surface area (Å²) in [6.07, 6.45) is 3.50. The number of phenolic OH excluding ortho intramolecular Hbond substituents is 3. The summed E-state index contributed by atoms with van der Waals surface area (Å²) in [5.74, 6) is 0.192. The first-order valence-electron chi connectivity index (χ1n) is 5.67. The Morgan fingerprint density at radius 1 is 0.947 bits per heavy atom.